The van der Waals surface area contributed by atoms with Gasteiger partial charge in [0.1, 0.15) is 5.75 Å². The molecule has 1 N–H and O–H groups in total. The van der Waals surface area contributed by atoms with E-state index in [0.717, 1.165) is 22.4 Å². The minimum absolute atomic E-state index is 0.276. The van der Waals surface area contributed by atoms with Crippen LogP contribution >= 0.6 is 0 Å². The number of hydrogen-bond donors (Lipinski definition) is 1. The van der Waals surface area contributed by atoms with E-state index in [1.54, 1.807) is 12.1 Å². The summed E-state index contributed by atoms with van der Waals surface area (Å²) in [6.07, 6.45) is 1.83. The second kappa shape index (κ2) is 3.73. The first-order valence-electron chi connectivity index (χ1n) is 4.89. The zero-order chi connectivity index (χ0) is 10.8. The van der Waals surface area contributed by atoms with Crippen molar-refractivity contribution in [3.05, 3.63) is 47.7 Å². The maximum Gasteiger partial charge on any atom is 0.116 e. The molecular formula is C13H13NO. The third kappa shape index (κ3) is 1.99. The van der Waals surface area contributed by atoms with Gasteiger partial charge in [0.25, 0.3) is 0 Å². The molecule has 76 valence electrons. The van der Waals surface area contributed by atoms with E-state index in [1.807, 2.05) is 38.2 Å². The third-order valence-electron chi connectivity index (χ3n) is 2.41. The van der Waals surface area contributed by atoms with E-state index < -0.39 is 0 Å². The lowest BCUT2D eigenvalue weighted by Crippen LogP contribution is -1.87. The summed E-state index contributed by atoms with van der Waals surface area (Å²) in [5.74, 6) is 0.276. The molecule has 2 aromatic rings. The molecule has 0 unspecified atom stereocenters. The predicted octanol–water partition coefficient (Wildman–Crippen LogP) is 3.07. The topological polar surface area (TPSA) is 33.1 Å². The van der Waals surface area contributed by atoms with E-state index in [1.165, 1.54) is 0 Å². The minimum Gasteiger partial charge on any atom is -0.508 e. The molecule has 0 amide bonds. The molecule has 1 aromatic carbocycles. The summed E-state index contributed by atoms with van der Waals surface area (Å²) in [5, 5.41) is 9.43. The summed E-state index contributed by atoms with van der Waals surface area (Å²) >= 11 is 0. The Kier molecular flexibility index (Phi) is 2.42. The van der Waals surface area contributed by atoms with E-state index >= 15 is 0 Å². The van der Waals surface area contributed by atoms with Crippen molar-refractivity contribution >= 4 is 0 Å². The summed E-state index contributed by atoms with van der Waals surface area (Å²) in [4.78, 5) is 4.34. The molecule has 15 heavy (non-hydrogen) atoms. The number of aromatic hydroxyl groups is 1. The fraction of sp³-hybridized carbons (Fsp3) is 0.154. The van der Waals surface area contributed by atoms with Gasteiger partial charge in [-0.25, -0.2) is 0 Å². The van der Waals surface area contributed by atoms with Crippen LogP contribution in [-0.2, 0) is 0 Å². The molecule has 0 fully saturated rings. The van der Waals surface area contributed by atoms with Gasteiger partial charge in [-0.1, -0.05) is 12.1 Å². The number of hydrogen-bond acceptors (Lipinski definition) is 2. The Morgan fingerprint density at radius 3 is 2.53 bits per heavy atom. The van der Waals surface area contributed by atoms with Gasteiger partial charge in [-0.2, -0.15) is 0 Å². The molecule has 0 aliphatic carbocycles. The number of phenols is 1. The van der Waals surface area contributed by atoms with Crippen LogP contribution in [0.25, 0.3) is 11.3 Å². The number of aromatic nitrogens is 1. The zero-order valence-corrected chi connectivity index (χ0v) is 8.86. The van der Waals surface area contributed by atoms with Crippen molar-refractivity contribution in [2.24, 2.45) is 0 Å². The third-order valence-corrected chi connectivity index (χ3v) is 2.41. The lowest BCUT2D eigenvalue weighted by Gasteiger charge is -2.05. The number of nitrogens with zero attached hydrogens (tertiary/aromatic N) is 1. The quantitative estimate of drug-likeness (QED) is 0.765. The van der Waals surface area contributed by atoms with Crippen LogP contribution in [0, 0.1) is 13.8 Å². The van der Waals surface area contributed by atoms with Crippen molar-refractivity contribution in [1.29, 1.82) is 0 Å². The van der Waals surface area contributed by atoms with Gasteiger partial charge in [0.05, 0.1) is 5.69 Å². The summed E-state index contributed by atoms with van der Waals surface area (Å²) in [5.41, 5.74) is 4.13. The maximum absolute atomic E-state index is 9.43. The molecule has 0 atom stereocenters. The Hall–Kier alpha value is -1.83. The number of phenolic OH excluding ortho intramolecular Hbond substituents is 1. The smallest absolute Gasteiger partial charge is 0.116 e. The Morgan fingerprint density at radius 1 is 1.07 bits per heavy atom. The molecule has 0 saturated carbocycles. The van der Waals surface area contributed by atoms with Gasteiger partial charge in [0.15, 0.2) is 0 Å². The SMILES string of the molecule is Cc1ccc(-c2cc(O)ccc2C)nc1. The van der Waals surface area contributed by atoms with Crippen LogP contribution in [-0.4, -0.2) is 10.1 Å². The van der Waals surface area contributed by atoms with Gasteiger partial charge in [-0.05, 0) is 43.2 Å². The molecule has 0 aliphatic heterocycles. The van der Waals surface area contributed by atoms with E-state index in [2.05, 4.69) is 4.98 Å². The van der Waals surface area contributed by atoms with Crippen LogP contribution in [0.2, 0.25) is 0 Å². The molecule has 2 rings (SSSR count). The van der Waals surface area contributed by atoms with Gasteiger partial charge in [-0.3, -0.25) is 4.98 Å². The molecule has 0 aliphatic rings. The van der Waals surface area contributed by atoms with Crippen molar-refractivity contribution in [2.45, 2.75) is 13.8 Å². The summed E-state index contributed by atoms with van der Waals surface area (Å²) < 4.78 is 0. The normalized spacial score (nSPS) is 10.3. The molecular weight excluding hydrogens is 186 g/mol. The van der Waals surface area contributed by atoms with Crippen LogP contribution in [0.15, 0.2) is 36.5 Å². The van der Waals surface area contributed by atoms with Crippen LogP contribution < -0.4 is 0 Å². The van der Waals surface area contributed by atoms with Crippen molar-refractivity contribution in [1.82, 2.24) is 4.98 Å². The maximum atomic E-state index is 9.43. The molecule has 1 aromatic heterocycles. The van der Waals surface area contributed by atoms with Gasteiger partial charge < -0.3 is 5.11 Å². The average molecular weight is 199 g/mol. The number of pyridine rings is 1. The van der Waals surface area contributed by atoms with Gasteiger partial charge in [0.2, 0.25) is 0 Å². The number of benzene rings is 1. The first kappa shape index (κ1) is 9.71. The predicted molar refractivity (Wildman–Crippen MR) is 60.8 cm³/mol. The second-order valence-corrected chi connectivity index (χ2v) is 3.72. The van der Waals surface area contributed by atoms with Crippen molar-refractivity contribution in [3.8, 4) is 17.0 Å². The first-order chi connectivity index (χ1) is 7.16. The molecule has 2 heteroatoms. The molecule has 0 spiro atoms. The summed E-state index contributed by atoms with van der Waals surface area (Å²) in [6, 6.07) is 9.31. The molecule has 0 saturated heterocycles. The summed E-state index contributed by atoms with van der Waals surface area (Å²) in [7, 11) is 0. The lowest BCUT2D eigenvalue weighted by molar-refractivity contribution is 0.475. The standard InChI is InChI=1S/C13H13NO/c1-9-3-6-13(14-8-9)12-7-11(15)5-4-10(12)2/h3-8,15H,1-2H3. The Morgan fingerprint density at radius 2 is 1.87 bits per heavy atom. The number of rotatable bonds is 1. The van der Waals surface area contributed by atoms with Crippen molar-refractivity contribution in [2.75, 3.05) is 0 Å². The van der Waals surface area contributed by atoms with E-state index in [4.69, 9.17) is 0 Å². The highest BCUT2D eigenvalue weighted by atomic mass is 16.3. The second-order valence-electron chi connectivity index (χ2n) is 3.72. The Bertz CT molecular complexity index is 474. The lowest BCUT2D eigenvalue weighted by atomic mass is 10.0. The molecule has 0 bridgehead atoms. The highest BCUT2D eigenvalue weighted by Gasteiger charge is 2.03. The van der Waals surface area contributed by atoms with Crippen LogP contribution in [0.1, 0.15) is 11.1 Å². The molecule has 0 radical (unpaired) electrons. The number of aryl methyl sites for hydroxylation is 2. The average Bonchev–Trinajstić information content (AvgIpc) is 2.23. The minimum atomic E-state index is 0.276. The van der Waals surface area contributed by atoms with E-state index in [-0.39, 0.29) is 5.75 Å². The molecule has 1 heterocycles. The van der Waals surface area contributed by atoms with E-state index in [9.17, 15) is 5.11 Å². The van der Waals surface area contributed by atoms with Gasteiger partial charge in [0, 0.05) is 11.8 Å². The van der Waals surface area contributed by atoms with Gasteiger partial charge >= 0.3 is 0 Å². The van der Waals surface area contributed by atoms with E-state index in [0.29, 0.717) is 0 Å². The Labute approximate surface area is 89.2 Å². The monoisotopic (exact) mass is 199 g/mol. The Balaban J connectivity index is 2.53. The van der Waals surface area contributed by atoms with Crippen LogP contribution in [0.5, 0.6) is 5.75 Å². The van der Waals surface area contributed by atoms with Crippen LogP contribution in [0.4, 0.5) is 0 Å². The summed E-state index contributed by atoms with van der Waals surface area (Å²) in [6.45, 7) is 4.02. The van der Waals surface area contributed by atoms with Crippen molar-refractivity contribution in [3.63, 3.8) is 0 Å². The molecule has 2 nitrogen and oxygen atoms in total. The highest BCUT2D eigenvalue weighted by Crippen LogP contribution is 2.25. The fourth-order valence-corrected chi connectivity index (χ4v) is 1.51. The van der Waals surface area contributed by atoms with Gasteiger partial charge in [-0.15, -0.1) is 0 Å². The highest BCUT2D eigenvalue weighted by molar-refractivity contribution is 5.65. The zero-order valence-electron chi connectivity index (χ0n) is 8.86. The fourth-order valence-electron chi connectivity index (χ4n) is 1.51. The first-order valence-corrected chi connectivity index (χ1v) is 4.89. The van der Waals surface area contributed by atoms with Crippen molar-refractivity contribution < 1.29 is 5.11 Å². The largest absolute Gasteiger partial charge is 0.508 e. The van der Waals surface area contributed by atoms with Crippen LogP contribution in [0.3, 0.4) is 0 Å².